The van der Waals surface area contributed by atoms with Gasteiger partial charge < -0.3 is 25.0 Å². The lowest BCUT2D eigenvalue weighted by Crippen LogP contribution is -2.58. The third-order valence-corrected chi connectivity index (χ3v) is 15.6. The molecule has 2 aliphatic heterocycles. The molecule has 0 bridgehead atoms. The highest BCUT2D eigenvalue weighted by atomic mass is 32.2. The fourth-order valence-electron chi connectivity index (χ4n) is 8.61. The van der Waals surface area contributed by atoms with Crippen LogP contribution in [0.2, 0.25) is 0 Å². The Morgan fingerprint density at radius 2 is 1.82 bits per heavy atom. The lowest BCUT2D eigenvalue weighted by Gasteiger charge is -2.30. The van der Waals surface area contributed by atoms with Gasteiger partial charge in [0.1, 0.15) is 51.5 Å². The summed E-state index contributed by atoms with van der Waals surface area (Å²) >= 11 is 1.27. The van der Waals surface area contributed by atoms with E-state index in [-0.39, 0.29) is 43.4 Å². The third kappa shape index (κ3) is 9.49. The van der Waals surface area contributed by atoms with Crippen LogP contribution in [-0.4, -0.2) is 92.3 Å². The summed E-state index contributed by atoms with van der Waals surface area (Å²) in [6.45, 7) is 10.5. The Morgan fingerprint density at radius 1 is 1.05 bits per heavy atom. The molecule has 4 aromatic rings. The van der Waals surface area contributed by atoms with Gasteiger partial charge in [-0.15, -0.1) is 11.3 Å². The maximum atomic E-state index is 14.8. The molecule has 65 heavy (non-hydrogen) atoms. The fourth-order valence-corrected chi connectivity index (χ4v) is 10.8. The highest BCUT2D eigenvalue weighted by Crippen LogP contribution is 2.48. The van der Waals surface area contributed by atoms with Gasteiger partial charge in [-0.25, -0.2) is 27.0 Å². The van der Waals surface area contributed by atoms with Crippen LogP contribution in [-0.2, 0) is 29.1 Å². The van der Waals surface area contributed by atoms with Crippen molar-refractivity contribution in [3.8, 4) is 27.8 Å². The number of imidazole rings is 1. The topological polar surface area (TPSA) is 191 Å². The molecule has 0 radical (unpaired) electrons. The summed E-state index contributed by atoms with van der Waals surface area (Å²) in [5.41, 5.74) is -0.0486. The van der Waals surface area contributed by atoms with Gasteiger partial charge in [0, 0.05) is 41.0 Å². The van der Waals surface area contributed by atoms with E-state index in [9.17, 15) is 36.4 Å². The van der Waals surface area contributed by atoms with Crippen molar-refractivity contribution in [2.75, 3.05) is 6.54 Å². The number of fused-ring (bicyclic) bond motifs is 3. The molecule has 4 aliphatic rings. The van der Waals surface area contributed by atoms with E-state index in [0.29, 0.717) is 53.0 Å². The molecular weight excluding hydrogens is 881 g/mol. The molecule has 348 valence electrons. The number of alkyl carbamates (subject to hydrolysis) is 1. The van der Waals surface area contributed by atoms with E-state index < -0.39 is 85.5 Å². The highest BCUT2D eigenvalue weighted by Gasteiger charge is 2.63. The second kappa shape index (κ2) is 17.4. The van der Waals surface area contributed by atoms with E-state index in [1.165, 1.54) is 28.4 Å². The molecule has 4 amide bonds. The van der Waals surface area contributed by atoms with Crippen LogP contribution in [0.25, 0.3) is 32.9 Å². The monoisotopic (exact) mass is 935 g/mol. The Bertz CT molecular complexity index is 2670. The van der Waals surface area contributed by atoms with E-state index in [0.717, 1.165) is 18.9 Å². The van der Waals surface area contributed by atoms with Crippen LogP contribution in [0.1, 0.15) is 105 Å². The number of allylic oxidation sites excluding steroid dienone is 1. The highest BCUT2D eigenvalue weighted by molar-refractivity contribution is 7.91. The number of para-hydroxylation sites is 1. The van der Waals surface area contributed by atoms with Gasteiger partial charge in [0.05, 0.1) is 22.5 Å². The van der Waals surface area contributed by atoms with Crippen LogP contribution in [0.3, 0.4) is 0 Å². The molecule has 1 saturated heterocycles. The Kier molecular flexibility index (Phi) is 12.4. The van der Waals surface area contributed by atoms with E-state index in [1.54, 1.807) is 33.1 Å². The average Bonchev–Trinajstić information content (AvgIpc) is 3.90. The van der Waals surface area contributed by atoms with Crippen molar-refractivity contribution in [3.05, 3.63) is 65.6 Å². The summed E-state index contributed by atoms with van der Waals surface area (Å²) in [6, 6.07) is 6.65. The summed E-state index contributed by atoms with van der Waals surface area (Å²) in [7, 11) is -4.04. The fraction of sp³-hybridized carbons (Fsp3) is 0.522. The smallest absolute Gasteiger partial charge is 0.408 e. The van der Waals surface area contributed by atoms with Crippen molar-refractivity contribution < 1.29 is 45.9 Å². The van der Waals surface area contributed by atoms with Crippen LogP contribution < -0.4 is 20.1 Å². The average molecular weight is 936 g/mol. The summed E-state index contributed by atoms with van der Waals surface area (Å²) in [4.78, 5) is 67.6. The Labute approximate surface area is 380 Å². The Hall–Kier alpha value is -5.43. The van der Waals surface area contributed by atoms with Crippen LogP contribution in [0.15, 0.2) is 53.9 Å². The van der Waals surface area contributed by atoms with Crippen LogP contribution >= 0.6 is 11.3 Å². The minimum Gasteiger partial charge on any atom is -0.459 e. The molecule has 3 fully saturated rings. The summed E-state index contributed by atoms with van der Waals surface area (Å²) in [6.07, 6.45) is 6.12. The summed E-state index contributed by atoms with van der Waals surface area (Å²) in [5, 5.41) is 7.87. The predicted octanol–water partition coefficient (Wildman–Crippen LogP) is 7.32. The number of sulfonamides is 1. The number of thiazole rings is 1. The zero-order valence-corrected chi connectivity index (χ0v) is 38.9. The van der Waals surface area contributed by atoms with Crippen LogP contribution in [0.5, 0.6) is 6.01 Å². The number of benzene rings is 2. The number of ether oxygens (including phenoxy) is 2. The van der Waals surface area contributed by atoms with Gasteiger partial charge in [-0.2, -0.15) is 4.98 Å². The molecule has 4 heterocycles. The molecule has 3 N–H and O–H groups in total. The molecule has 19 heteroatoms. The zero-order chi connectivity index (χ0) is 46.6. The zero-order valence-electron chi connectivity index (χ0n) is 37.3. The number of carbonyl (C=O) groups excluding carboxylic acids is 4. The second-order valence-electron chi connectivity index (χ2n) is 19.1. The first-order valence-corrected chi connectivity index (χ1v) is 24.5. The standard InChI is InChI=1S/C46H55F2N7O8S2/c1-26(2)55-35-16-12-14-31(39-49-34(25-64-39)30-18-17-28(47)21-32(30)48)37(35)51-42(55)62-29-22-36-38(56)52-46(41(58)53-65(60,61)45(6)19-20-45)23-27(46)13-10-8-7-9-11-15-33(40(57)54(36)24-29)50-43(59)63-44(3,4)5/h10,12-14,16-18,21,25-27,29,33,36H,7-9,11,15,19-20,22-24H2,1-6H3,(H,50,59)(H,52,56)(H,53,58)/b13-10-/t27-,29-,33+,36+,46-/m1/s1. The van der Waals surface area contributed by atoms with Crippen LogP contribution in [0, 0.1) is 17.6 Å². The SMILES string of the molecule is CC(C)n1c(O[C@@H]2C[C@H]3C(=O)N[C@]4(C(=O)NS(=O)(=O)C5(C)CC5)C[C@H]4/C=C\CCCCC[C@H](NC(=O)OC(C)(C)C)C(=O)N3C2)nc2c(-c3nc(-c4ccc(F)cc4F)cs3)cccc21. The predicted molar refractivity (Wildman–Crippen MR) is 240 cm³/mol. The summed E-state index contributed by atoms with van der Waals surface area (Å²) in [5.74, 6) is -3.96. The van der Waals surface area contributed by atoms with Gasteiger partial charge in [0.15, 0.2) is 0 Å². The van der Waals surface area contributed by atoms with Gasteiger partial charge in [0.2, 0.25) is 21.8 Å². The van der Waals surface area contributed by atoms with Crippen molar-refractivity contribution in [1.82, 2.24) is 34.8 Å². The number of rotatable bonds is 9. The van der Waals surface area contributed by atoms with Crippen molar-refractivity contribution in [2.45, 2.75) is 139 Å². The number of nitrogens with one attached hydrogen (secondary N) is 3. The maximum Gasteiger partial charge on any atom is 0.408 e. The quantitative estimate of drug-likeness (QED) is 0.143. The number of halogens is 2. The van der Waals surface area contributed by atoms with E-state index in [1.807, 2.05) is 48.8 Å². The summed E-state index contributed by atoms with van der Waals surface area (Å²) < 4.78 is 70.3. The number of aromatic nitrogens is 3. The van der Waals surface area contributed by atoms with Crippen molar-refractivity contribution in [3.63, 3.8) is 0 Å². The molecule has 0 unspecified atom stereocenters. The van der Waals surface area contributed by atoms with Crippen LogP contribution in [0.4, 0.5) is 13.6 Å². The van der Waals surface area contributed by atoms with Gasteiger partial charge in [-0.1, -0.05) is 31.1 Å². The van der Waals surface area contributed by atoms with E-state index in [4.69, 9.17) is 14.5 Å². The molecule has 5 atom stereocenters. The van der Waals surface area contributed by atoms with Crippen molar-refractivity contribution in [2.24, 2.45) is 5.92 Å². The Morgan fingerprint density at radius 3 is 2.52 bits per heavy atom. The number of carbonyl (C=O) groups is 4. The lowest BCUT2D eigenvalue weighted by atomic mass is 10.0. The molecular formula is C46H55F2N7O8S2. The first-order valence-electron chi connectivity index (χ1n) is 22.1. The van der Waals surface area contributed by atoms with Crippen molar-refractivity contribution in [1.29, 1.82) is 0 Å². The maximum absolute atomic E-state index is 14.8. The third-order valence-electron chi connectivity index (χ3n) is 12.6. The number of hydrogen-bond acceptors (Lipinski definition) is 11. The minimum atomic E-state index is -4.04. The van der Waals surface area contributed by atoms with Gasteiger partial charge in [-0.3, -0.25) is 23.7 Å². The molecule has 2 aromatic carbocycles. The number of hydrogen-bond donors (Lipinski definition) is 3. The van der Waals surface area contributed by atoms with E-state index >= 15 is 0 Å². The van der Waals surface area contributed by atoms with E-state index in [2.05, 4.69) is 20.3 Å². The molecule has 2 aliphatic carbocycles. The van der Waals surface area contributed by atoms with Gasteiger partial charge in [-0.05, 0) is 104 Å². The normalized spacial score (nSPS) is 25.2. The molecule has 2 aromatic heterocycles. The van der Waals surface area contributed by atoms with Gasteiger partial charge >= 0.3 is 6.09 Å². The first kappa shape index (κ1) is 46.1. The first-order chi connectivity index (χ1) is 30.7. The molecule has 8 rings (SSSR count). The lowest BCUT2D eigenvalue weighted by molar-refractivity contribution is -0.141. The van der Waals surface area contributed by atoms with Gasteiger partial charge in [0.25, 0.3) is 11.9 Å². The number of amides is 4. The van der Waals surface area contributed by atoms with Crippen molar-refractivity contribution >= 4 is 56.2 Å². The second-order valence-corrected chi connectivity index (χ2v) is 22.2. The number of nitrogens with zero attached hydrogens (tertiary/aromatic N) is 4. The Balaban J connectivity index is 1.12. The largest absolute Gasteiger partial charge is 0.459 e. The molecule has 0 spiro atoms. The molecule has 2 saturated carbocycles. The minimum absolute atomic E-state index is 0.0292. The molecule has 15 nitrogen and oxygen atoms in total.